The maximum absolute atomic E-state index is 11.9. The van der Waals surface area contributed by atoms with Crippen LogP contribution in [0.1, 0.15) is 49.2 Å². The Bertz CT molecular complexity index is 896. The minimum Gasteiger partial charge on any atom is -0.465 e. The first-order valence-electron chi connectivity index (χ1n) is 11.8. The van der Waals surface area contributed by atoms with Crippen LogP contribution in [0.5, 0.6) is 0 Å². The second-order valence-corrected chi connectivity index (χ2v) is 12.3. The van der Waals surface area contributed by atoms with Crippen molar-refractivity contribution in [2.45, 2.75) is 52.6 Å². The molecule has 2 aromatic rings. The Morgan fingerprint density at radius 2 is 1.76 bits per heavy atom. The number of likely N-dealkylation sites (tertiary alicyclic amines) is 1. The van der Waals surface area contributed by atoms with Gasteiger partial charge in [0.1, 0.15) is 6.23 Å². The van der Waals surface area contributed by atoms with E-state index >= 15 is 0 Å². The summed E-state index contributed by atoms with van der Waals surface area (Å²) in [6.45, 7) is 13.4. The van der Waals surface area contributed by atoms with Crippen LogP contribution in [0.3, 0.4) is 0 Å². The van der Waals surface area contributed by atoms with Gasteiger partial charge in [-0.15, -0.1) is 0 Å². The molecule has 3 unspecified atom stereocenters. The Labute approximate surface area is 201 Å². The van der Waals surface area contributed by atoms with Crippen molar-refractivity contribution in [2.75, 3.05) is 32.1 Å². The van der Waals surface area contributed by atoms with Crippen LogP contribution in [0.4, 0.5) is 5.69 Å². The van der Waals surface area contributed by atoms with Gasteiger partial charge in [0.05, 0.1) is 18.7 Å². The first kappa shape index (κ1) is 25.5. The van der Waals surface area contributed by atoms with Crippen LogP contribution in [-0.4, -0.2) is 53.4 Å². The number of methoxy groups -OCH3 is 1. The number of anilines is 1. The number of nitrogens with zero attached hydrogens (tertiary/aromatic N) is 2. The van der Waals surface area contributed by atoms with Crippen molar-refractivity contribution in [1.29, 1.82) is 0 Å². The summed E-state index contributed by atoms with van der Waals surface area (Å²) in [4.78, 5) is 16.7. The van der Waals surface area contributed by atoms with E-state index in [9.17, 15) is 4.79 Å². The number of hydrogen-bond acceptors (Lipinski definition) is 5. The number of carbonyl (C=O) groups excluding carboxylic acids is 1. The van der Waals surface area contributed by atoms with E-state index in [4.69, 9.17) is 9.16 Å². The molecule has 1 radical (unpaired) electrons. The number of likely N-dealkylation sites (N-methyl/N-ethyl adjacent to an activating group) is 1. The first-order chi connectivity index (χ1) is 15.6. The second kappa shape index (κ2) is 10.8. The Hall–Kier alpha value is -2.15. The molecule has 1 aliphatic heterocycles. The van der Waals surface area contributed by atoms with Gasteiger partial charge in [-0.1, -0.05) is 51.1 Å². The van der Waals surface area contributed by atoms with Gasteiger partial charge in [-0.2, -0.15) is 0 Å². The van der Waals surface area contributed by atoms with Gasteiger partial charge < -0.3 is 14.1 Å². The number of benzene rings is 2. The van der Waals surface area contributed by atoms with Crippen LogP contribution in [0.25, 0.3) is 0 Å². The van der Waals surface area contributed by atoms with Crippen LogP contribution >= 0.6 is 0 Å². The monoisotopic (exact) mass is 467 g/mol. The third kappa shape index (κ3) is 6.25. The molecular formula is C27H39N2O3Si. The first-order valence-corrected chi connectivity index (χ1v) is 14.2. The Morgan fingerprint density at radius 3 is 2.30 bits per heavy atom. The van der Waals surface area contributed by atoms with Crippen LogP contribution in [0.2, 0.25) is 13.1 Å². The molecule has 6 heteroatoms. The molecule has 1 heterocycles. The highest BCUT2D eigenvalue weighted by Crippen LogP contribution is 2.40. The molecular weight excluding hydrogens is 428 g/mol. The summed E-state index contributed by atoms with van der Waals surface area (Å²) >= 11 is 0. The van der Waals surface area contributed by atoms with E-state index < -0.39 is 9.04 Å². The normalized spacial score (nSPS) is 20.1. The molecule has 0 spiro atoms. The summed E-state index contributed by atoms with van der Waals surface area (Å²) in [5.41, 5.74) is 3.10. The molecule has 33 heavy (non-hydrogen) atoms. The maximum Gasteiger partial charge on any atom is 0.337 e. The molecule has 0 aliphatic carbocycles. The maximum atomic E-state index is 11.9. The predicted molar refractivity (Wildman–Crippen MR) is 137 cm³/mol. The third-order valence-corrected chi connectivity index (χ3v) is 7.37. The van der Waals surface area contributed by atoms with E-state index in [1.807, 2.05) is 24.3 Å². The Balaban J connectivity index is 1.89. The standard InChI is InChI=1S/C27H39N2O3Si/c1-27(2,3)23-17-18-29(25(23)32-33(6)7)19-24(20-11-9-8-10-12-20)28(4)22-15-13-21(14-16-22)26(30)31-5/h8-16,23-25H,17-19H2,1-7H3. The molecule has 3 rings (SSSR count). The topological polar surface area (TPSA) is 42.0 Å². The molecule has 0 saturated carbocycles. The molecule has 5 nitrogen and oxygen atoms in total. The van der Waals surface area contributed by atoms with Gasteiger partial charge in [0.25, 0.3) is 0 Å². The average Bonchev–Trinajstić information content (AvgIpc) is 3.19. The zero-order valence-corrected chi connectivity index (χ0v) is 22.2. The molecule has 0 bridgehead atoms. The van der Waals surface area contributed by atoms with Crippen molar-refractivity contribution in [1.82, 2.24) is 4.90 Å². The molecule has 3 atom stereocenters. The third-order valence-electron chi connectivity index (χ3n) is 6.66. The smallest absolute Gasteiger partial charge is 0.337 e. The van der Waals surface area contributed by atoms with E-state index in [-0.39, 0.29) is 23.7 Å². The molecule has 179 valence electrons. The summed E-state index contributed by atoms with van der Waals surface area (Å²) in [5, 5.41) is 0. The Morgan fingerprint density at radius 1 is 1.12 bits per heavy atom. The molecule has 2 aromatic carbocycles. The lowest BCUT2D eigenvalue weighted by molar-refractivity contribution is -0.00814. The number of esters is 1. The fourth-order valence-corrected chi connectivity index (χ4v) is 5.56. The zero-order chi connectivity index (χ0) is 24.2. The van der Waals surface area contributed by atoms with E-state index in [0.29, 0.717) is 11.5 Å². The number of hydrogen-bond donors (Lipinski definition) is 0. The van der Waals surface area contributed by atoms with E-state index in [1.54, 1.807) is 0 Å². The highest BCUT2D eigenvalue weighted by atomic mass is 28.3. The lowest BCUT2D eigenvalue weighted by Crippen LogP contribution is -2.45. The SMILES string of the molecule is COC(=O)c1ccc(N(C)C(CN2CCC(C(C)(C)C)C2O[Si](C)C)c2ccccc2)cc1. The average molecular weight is 468 g/mol. The quantitative estimate of drug-likeness (QED) is 0.373. The second-order valence-electron chi connectivity index (χ2n) is 10.2. The molecule has 0 amide bonds. The van der Waals surface area contributed by atoms with E-state index in [2.05, 4.69) is 81.0 Å². The van der Waals surface area contributed by atoms with Crippen LogP contribution < -0.4 is 4.90 Å². The van der Waals surface area contributed by atoms with Crippen molar-refractivity contribution in [3.8, 4) is 0 Å². The fraction of sp³-hybridized carbons (Fsp3) is 0.519. The lowest BCUT2D eigenvalue weighted by atomic mass is 9.79. The van der Waals surface area contributed by atoms with Gasteiger partial charge in [-0.25, -0.2) is 4.79 Å². The Kier molecular flexibility index (Phi) is 8.37. The van der Waals surface area contributed by atoms with Gasteiger partial charge in [0.2, 0.25) is 9.04 Å². The van der Waals surface area contributed by atoms with Gasteiger partial charge in [-0.3, -0.25) is 4.90 Å². The fourth-order valence-electron chi connectivity index (χ4n) is 4.76. The summed E-state index contributed by atoms with van der Waals surface area (Å²) in [7, 11) is 2.71. The summed E-state index contributed by atoms with van der Waals surface area (Å²) in [5.74, 6) is 0.198. The molecule has 0 aromatic heterocycles. The molecule has 1 aliphatic rings. The van der Waals surface area contributed by atoms with Crippen LogP contribution in [0, 0.1) is 11.3 Å². The molecule has 1 fully saturated rings. The van der Waals surface area contributed by atoms with Gasteiger partial charge in [0.15, 0.2) is 0 Å². The van der Waals surface area contributed by atoms with Gasteiger partial charge >= 0.3 is 5.97 Å². The molecule has 1 saturated heterocycles. The number of rotatable bonds is 8. The summed E-state index contributed by atoms with van der Waals surface area (Å²) < 4.78 is 11.4. The van der Waals surface area contributed by atoms with E-state index in [1.165, 1.54) is 12.7 Å². The van der Waals surface area contributed by atoms with Gasteiger partial charge in [-0.05, 0) is 54.8 Å². The molecule has 0 N–H and O–H groups in total. The minimum absolute atomic E-state index is 0.148. The van der Waals surface area contributed by atoms with Crippen LogP contribution in [-0.2, 0) is 9.16 Å². The van der Waals surface area contributed by atoms with Crippen molar-refractivity contribution in [3.05, 3.63) is 65.7 Å². The largest absolute Gasteiger partial charge is 0.465 e. The van der Waals surface area contributed by atoms with E-state index in [0.717, 1.165) is 25.2 Å². The summed E-state index contributed by atoms with van der Waals surface area (Å²) in [6, 6.07) is 18.5. The minimum atomic E-state index is -0.827. The van der Waals surface area contributed by atoms with Crippen molar-refractivity contribution in [3.63, 3.8) is 0 Å². The lowest BCUT2D eigenvalue weighted by Gasteiger charge is -2.39. The van der Waals surface area contributed by atoms with Gasteiger partial charge in [0, 0.05) is 31.7 Å². The summed E-state index contributed by atoms with van der Waals surface area (Å²) in [6.07, 6.45) is 1.30. The number of carbonyl (C=O) groups is 1. The van der Waals surface area contributed by atoms with Crippen molar-refractivity contribution in [2.24, 2.45) is 11.3 Å². The predicted octanol–water partition coefficient (Wildman–Crippen LogP) is 5.61. The zero-order valence-electron chi connectivity index (χ0n) is 21.2. The number of ether oxygens (including phenoxy) is 1. The van der Waals surface area contributed by atoms with Crippen molar-refractivity contribution < 1.29 is 14.0 Å². The highest BCUT2D eigenvalue weighted by Gasteiger charge is 2.42. The van der Waals surface area contributed by atoms with Crippen molar-refractivity contribution >= 4 is 20.7 Å². The van der Waals surface area contributed by atoms with Crippen LogP contribution in [0.15, 0.2) is 54.6 Å². The highest BCUT2D eigenvalue weighted by molar-refractivity contribution is 6.48.